The van der Waals surface area contributed by atoms with E-state index in [1.54, 1.807) is 6.08 Å². The predicted molar refractivity (Wildman–Crippen MR) is 109 cm³/mol. The Morgan fingerprint density at radius 2 is 1.50 bits per heavy atom. The van der Waals surface area contributed by atoms with Crippen molar-refractivity contribution >= 4 is 11.8 Å². The van der Waals surface area contributed by atoms with Gasteiger partial charge in [-0.15, -0.1) is 0 Å². The van der Waals surface area contributed by atoms with Gasteiger partial charge in [0.25, 0.3) is 0 Å². The molecule has 0 heterocycles. The summed E-state index contributed by atoms with van der Waals surface area (Å²) in [5.74, 6) is -1.12. The van der Waals surface area contributed by atoms with E-state index in [1.165, 1.54) is 18.9 Å². The van der Waals surface area contributed by atoms with Gasteiger partial charge in [0.15, 0.2) is 0 Å². The van der Waals surface area contributed by atoms with Crippen molar-refractivity contribution in [2.45, 2.75) is 108 Å². The third-order valence-corrected chi connectivity index (χ3v) is 4.97. The molecule has 164 valence electrons. The lowest BCUT2D eigenvalue weighted by Crippen LogP contribution is -2.61. The van der Waals surface area contributed by atoms with Crippen molar-refractivity contribution < 1.29 is 30.0 Å². The second kappa shape index (κ2) is 14.7. The second-order valence-corrected chi connectivity index (χ2v) is 7.74. The highest BCUT2D eigenvalue weighted by atomic mass is 16.4. The average Bonchev–Trinajstić information content (AvgIpc) is 2.65. The fraction of sp³-hybridized carbons (Fsp3) is 0.810. The second-order valence-electron chi connectivity index (χ2n) is 7.74. The maximum absolute atomic E-state index is 11.7. The van der Waals surface area contributed by atoms with Crippen LogP contribution in [0.3, 0.4) is 0 Å². The van der Waals surface area contributed by atoms with Crippen LogP contribution in [-0.2, 0) is 9.59 Å². The van der Waals surface area contributed by atoms with Crippen LogP contribution < -0.4 is 5.73 Å². The standard InChI is InChI=1S/C21H39NO6/c1-3-4-5-10-13-16(23)14-11-8-6-7-9-12-15-17(24)18(25)19(26)21(2,22)20(27)28/h12,15,17-19,24-26H,3-11,13-14,22H2,1-2H3,(H,27,28)/b15-12+/t17-,18+,19-,21-/m0/s1. The Morgan fingerprint density at radius 1 is 0.964 bits per heavy atom. The number of aliphatic hydroxyl groups is 3. The summed E-state index contributed by atoms with van der Waals surface area (Å²) in [5.41, 5.74) is 3.40. The molecule has 0 aromatic carbocycles. The molecule has 7 nitrogen and oxygen atoms in total. The highest BCUT2D eigenvalue weighted by Gasteiger charge is 2.42. The number of allylic oxidation sites excluding steroid dienone is 1. The van der Waals surface area contributed by atoms with Gasteiger partial charge >= 0.3 is 5.97 Å². The van der Waals surface area contributed by atoms with Crippen LogP contribution in [-0.4, -0.2) is 56.0 Å². The zero-order valence-corrected chi connectivity index (χ0v) is 17.3. The van der Waals surface area contributed by atoms with Gasteiger partial charge in [0.1, 0.15) is 29.6 Å². The minimum Gasteiger partial charge on any atom is -0.480 e. The van der Waals surface area contributed by atoms with Crippen LogP contribution >= 0.6 is 0 Å². The van der Waals surface area contributed by atoms with E-state index >= 15 is 0 Å². The molecule has 0 aliphatic carbocycles. The third kappa shape index (κ3) is 10.9. The van der Waals surface area contributed by atoms with E-state index in [2.05, 4.69) is 6.92 Å². The van der Waals surface area contributed by atoms with E-state index in [-0.39, 0.29) is 0 Å². The van der Waals surface area contributed by atoms with Crippen LogP contribution in [0.15, 0.2) is 12.2 Å². The molecular weight excluding hydrogens is 362 g/mol. The first-order chi connectivity index (χ1) is 13.1. The van der Waals surface area contributed by atoms with E-state index in [9.17, 15) is 24.9 Å². The average molecular weight is 402 g/mol. The van der Waals surface area contributed by atoms with Crippen molar-refractivity contribution in [3.05, 3.63) is 12.2 Å². The van der Waals surface area contributed by atoms with Crippen molar-refractivity contribution in [1.29, 1.82) is 0 Å². The molecule has 0 fully saturated rings. The number of aliphatic carboxylic acids is 1. The fourth-order valence-corrected chi connectivity index (χ4v) is 2.83. The van der Waals surface area contributed by atoms with Gasteiger partial charge in [-0.3, -0.25) is 9.59 Å². The predicted octanol–water partition coefficient (Wildman–Crippen LogP) is 2.31. The first kappa shape index (κ1) is 26.7. The molecule has 0 aliphatic rings. The van der Waals surface area contributed by atoms with E-state index in [1.807, 2.05) is 0 Å². The lowest BCUT2D eigenvalue weighted by atomic mass is 9.89. The molecule has 0 aliphatic heterocycles. The number of aliphatic hydroxyl groups excluding tert-OH is 3. The number of unbranched alkanes of at least 4 members (excludes halogenated alkanes) is 7. The van der Waals surface area contributed by atoms with Gasteiger partial charge in [-0.2, -0.15) is 0 Å². The number of rotatable bonds is 17. The lowest BCUT2D eigenvalue weighted by Gasteiger charge is -2.31. The van der Waals surface area contributed by atoms with Gasteiger partial charge in [-0.25, -0.2) is 0 Å². The third-order valence-electron chi connectivity index (χ3n) is 4.97. The molecule has 0 bridgehead atoms. The first-order valence-corrected chi connectivity index (χ1v) is 10.4. The number of carboxylic acids is 1. The van der Waals surface area contributed by atoms with Gasteiger partial charge in [0.05, 0.1) is 0 Å². The molecular formula is C21H39NO6. The van der Waals surface area contributed by atoms with Gasteiger partial charge in [0.2, 0.25) is 0 Å². The number of carboxylic acid groups (broad SMARTS) is 1. The topological polar surface area (TPSA) is 141 Å². The Kier molecular flexibility index (Phi) is 14.0. The first-order valence-electron chi connectivity index (χ1n) is 10.4. The fourth-order valence-electron chi connectivity index (χ4n) is 2.83. The molecule has 4 atom stereocenters. The largest absolute Gasteiger partial charge is 0.480 e. The quantitative estimate of drug-likeness (QED) is 0.186. The summed E-state index contributed by atoms with van der Waals surface area (Å²) >= 11 is 0. The molecule has 28 heavy (non-hydrogen) atoms. The van der Waals surface area contributed by atoms with Crippen LogP contribution in [0.1, 0.15) is 84.5 Å². The molecule has 7 heteroatoms. The van der Waals surface area contributed by atoms with Crippen molar-refractivity contribution in [3.63, 3.8) is 0 Å². The highest BCUT2D eigenvalue weighted by molar-refractivity contribution is 5.79. The minimum atomic E-state index is -2.05. The smallest absolute Gasteiger partial charge is 0.326 e. The number of carbonyl (C=O) groups is 2. The van der Waals surface area contributed by atoms with E-state index < -0.39 is 29.8 Å². The number of carbonyl (C=O) groups excluding carboxylic acids is 1. The SMILES string of the molecule is CCCCCCC(=O)CCCCCC/C=C/[C@H](O)[C@@H](O)[C@H](O)[C@](C)(N)C(=O)O. The van der Waals surface area contributed by atoms with Gasteiger partial charge < -0.3 is 26.2 Å². The molecule has 0 aromatic heterocycles. The summed E-state index contributed by atoms with van der Waals surface area (Å²) in [5, 5.41) is 38.5. The zero-order chi connectivity index (χ0) is 21.6. The monoisotopic (exact) mass is 401 g/mol. The highest BCUT2D eigenvalue weighted by Crippen LogP contribution is 2.15. The molecule has 0 unspecified atom stereocenters. The maximum Gasteiger partial charge on any atom is 0.326 e. The number of Topliss-reactive ketones (excluding diaryl/α,β-unsaturated/α-hetero) is 1. The van der Waals surface area contributed by atoms with E-state index in [4.69, 9.17) is 10.8 Å². The van der Waals surface area contributed by atoms with Gasteiger partial charge in [0, 0.05) is 12.8 Å². The summed E-state index contributed by atoms with van der Waals surface area (Å²) in [6.45, 7) is 3.23. The van der Waals surface area contributed by atoms with Crippen LogP contribution in [0, 0.1) is 0 Å². The summed E-state index contributed by atoms with van der Waals surface area (Å²) in [6, 6.07) is 0. The van der Waals surface area contributed by atoms with Crippen molar-refractivity contribution in [2.75, 3.05) is 0 Å². The molecule has 0 saturated heterocycles. The lowest BCUT2D eigenvalue weighted by molar-refractivity contribution is -0.153. The van der Waals surface area contributed by atoms with Crippen LogP contribution in [0.25, 0.3) is 0 Å². The molecule has 0 amide bonds. The molecule has 0 aromatic rings. The van der Waals surface area contributed by atoms with Gasteiger partial charge in [-0.05, 0) is 32.6 Å². The summed E-state index contributed by atoms with van der Waals surface area (Å²) in [4.78, 5) is 22.7. The molecule has 6 N–H and O–H groups in total. The normalized spacial score (nSPS) is 17.2. The number of hydrogen-bond acceptors (Lipinski definition) is 6. The number of hydrogen-bond donors (Lipinski definition) is 5. The minimum absolute atomic E-state index is 0.347. The Bertz CT molecular complexity index is 478. The van der Waals surface area contributed by atoms with Crippen LogP contribution in [0.5, 0.6) is 0 Å². The molecule has 0 spiro atoms. The zero-order valence-electron chi connectivity index (χ0n) is 17.3. The summed E-state index contributed by atoms with van der Waals surface area (Å²) < 4.78 is 0. The Labute approximate surface area is 168 Å². The Morgan fingerprint density at radius 3 is 2.04 bits per heavy atom. The van der Waals surface area contributed by atoms with Crippen molar-refractivity contribution in [2.24, 2.45) is 5.73 Å². The maximum atomic E-state index is 11.7. The van der Waals surface area contributed by atoms with Gasteiger partial charge in [-0.1, -0.05) is 51.2 Å². The summed E-state index contributed by atoms with van der Waals surface area (Å²) in [6.07, 6.45) is 8.38. The Hall–Kier alpha value is -1.28. The van der Waals surface area contributed by atoms with E-state index in [0.717, 1.165) is 45.4 Å². The van der Waals surface area contributed by atoms with E-state index in [0.29, 0.717) is 25.0 Å². The van der Waals surface area contributed by atoms with Crippen molar-refractivity contribution in [3.8, 4) is 0 Å². The Balaban J connectivity index is 3.89. The molecule has 0 rings (SSSR count). The van der Waals surface area contributed by atoms with Crippen LogP contribution in [0.4, 0.5) is 0 Å². The molecule has 0 radical (unpaired) electrons. The van der Waals surface area contributed by atoms with Crippen LogP contribution in [0.2, 0.25) is 0 Å². The number of nitrogens with two attached hydrogens (primary N) is 1. The summed E-state index contributed by atoms with van der Waals surface area (Å²) in [7, 11) is 0. The van der Waals surface area contributed by atoms with Crippen molar-refractivity contribution in [1.82, 2.24) is 0 Å². The molecule has 0 saturated carbocycles. The number of ketones is 1.